The van der Waals surface area contributed by atoms with Crippen molar-refractivity contribution in [3.05, 3.63) is 64.8 Å². The molecule has 0 aliphatic carbocycles. The van der Waals surface area contributed by atoms with Crippen LogP contribution in [0, 0.1) is 6.92 Å². The van der Waals surface area contributed by atoms with Crippen LogP contribution < -0.4 is 5.32 Å². The number of nitrogens with zero attached hydrogens (tertiary/aromatic N) is 6. The lowest BCUT2D eigenvalue weighted by molar-refractivity contribution is 0.0932. The zero-order valence-electron chi connectivity index (χ0n) is 16.3. The van der Waals surface area contributed by atoms with Crippen LogP contribution in [0.2, 0.25) is 5.02 Å². The number of amides is 1. The van der Waals surface area contributed by atoms with Crippen LogP contribution >= 0.6 is 11.6 Å². The zero-order chi connectivity index (χ0) is 20.5. The Morgan fingerprint density at radius 3 is 2.72 bits per heavy atom. The highest BCUT2D eigenvalue weighted by atomic mass is 35.5. The molecule has 0 fully saturated rings. The van der Waals surface area contributed by atoms with Crippen molar-refractivity contribution in [2.75, 3.05) is 0 Å². The molecule has 1 atom stereocenters. The van der Waals surface area contributed by atoms with Crippen molar-refractivity contribution in [1.82, 2.24) is 34.7 Å². The van der Waals surface area contributed by atoms with Gasteiger partial charge >= 0.3 is 0 Å². The van der Waals surface area contributed by atoms with E-state index in [1.807, 2.05) is 39.2 Å². The number of hydrogen-bond donors (Lipinski definition) is 1. The summed E-state index contributed by atoms with van der Waals surface area (Å²) >= 11 is 5.98. The first-order valence-corrected chi connectivity index (χ1v) is 9.55. The van der Waals surface area contributed by atoms with Crippen molar-refractivity contribution in [2.45, 2.75) is 26.3 Å². The van der Waals surface area contributed by atoms with E-state index in [0.29, 0.717) is 28.6 Å². The number of rotatable bonds is 5. The van der Waals surface area contributed by atoms with Gasteiger partial charge in [0.05, 0.1) is 11.4 Å². The third-order valence-electron chi connectivity index (χ3n) is 4.64. The minimum atomic E-state index is -0.243. The second kappa shape index (κ2) is 7.63. The minimum absolute atomic E-state index is 0.0869. The van der Waals surface area contributed by atoms with Crippen molar-refractivity contribution in [1.29, 1.82) is 0 Å². The van der Waals surface area contributed by atoms with Crippen LogP contribution in [-0.2, 0) is 13.5 Å². The van der Waals surface area contributed by atoms with Gasteiger partial charge in [-0.3, -0.25) is 9.48 Å². The summed E-state index contributed by atoms with van der Waals surface area (Å²) in [7, 11) is 1.89. The van der Waals surface area contributed by atoms with E-state index in [1.54, 1.807) is 22.9 Å². The number of aromatic nitrogens is 6. The average molecular weight is 410 g/mol. The van der Waals surface area contributed by atoms with E-state index in [4.69, 9.17) is 11.6 Å². The second-order valence-corrected chi connectivity index (χ2v) is 7.43. The molecule has 0 aliphatic heterocycles. The molecular weight excluding hydrogens is 390 g/mol. The Kier molecular flexibility index (Phi) is 5.02. The molecule has 0 radical (unpaired) electrons. The van der Waals surface area contributed by atoms with E-state index < -0.39 is 0 Å². The fourth-order valence-electron chi connectivity index (χ4n) is 3.27. The molecular formula is C20H20ClN7O. The first-order valence-electron chi connectivity index (χ1n) is 9.17. The fourth-order valence-corrected chi connectivity index (χ4v) is 3.40. The number of nitrogens with one attached hydrogen (secondary N) is 1. The molecule has 9 heteroatoms. The van der Waals surface area contributed by atoms with E-state index in [-0.39, 0.29) is 11.9 Å². The maximum Gasteiger partial charge on any atom is 0.270 e. The molecule has 148 valence electrons. The van der Waals surface area contributed by atoms with Gasteiger partial charge < -0.3 is 5.32 Å². The van der Waals surface area contributed by atoms with Gasteiger partial charge in [0.15, 0.2) is 0 Å². The highest BCUT2D eigenvalue weighted by Crippen LogP contribution is 2.21. The van der Waals surface area contributed by atoms with Crippen LogP contribution in [0.25, 0.3) is 17.0 Å². The van der Waals surface area contributed by atoms with Gasteiger partial charge in [-0.25, -0.2) is 4.98 Å². The highest BCUT2D eigenvalue weighted by Gasteiger charge is 2.18. The molecule has 1 aromatic carbocycles. The molecule has 3 heterocycles. The summed E-state index contributed by atoms with van der Waals surface area (Å²) in [5, 5.41) is 12.2. The number of fused-ring (bicyclic) bond motifs is 1. The van der Waals surface area contributed by atoms with E-state index in [9.17, 15) is 4.79 Å². The third-order valence-corrected chi connectivity index (χ3v) is 4.90. The van der Waals surface area contributed by atoms with Gasteiger partial charge in [-0.1, -0.05) is 23.7 Å². The van der Waals surface area contributed by atoms with Crippen molar-refractivity contribution in [3.8, 4) is 11.3 Å². The minimum Gasteiger partial charge on any atom is -0.348 e. The molecule has 29 heavy (non-hydrogen) atoms. The quantitative estimate of drug-likeness (QED) is 0.547. The standard InChI is InChI=1S/C20H20ClN7O/c1-12(8-15-10-27(3)26-13(15)2)24-19(29)18-9-17(14-4-6-16(21)7-5-14)25-20-22-11-23-28(18)20/h4-7,9-12H,8H2,1-3H3,(H,24,29)/t12-/m0/s1. The van der Waals surface area contributed by atoms with Crippen molar-refractivity contribution in [2.24, 2.45) is 7.05 Å². The summed E-state index contributed by atoms with van der Waals surface area (Å²) in [4.78, 5) is 21.7. The second-order valence-electron chi connectivity index (χ2n) is 7.00. The van der Waals surface area contributed by atoms with Gasteiger partial charge in [-0.15, -0.1) is 0 Å². The Hall–Kier alpha value is -3.26. The molecule has 3 aromatic heterocycles. The molecule has 4 aromatic rings. The van der Waals surface area contributed by atoms with Crippen LogP contribution in [0.5, 0.6) is 0 Å². The number of carbonyl (C=O) groups is 1. The van der Waals surface area contributed by atoms with Crippen LogP contribution in [-0.4, -0.2) is 41.3 Å². The summed E-state index contributed by atoms with van der Waals surface area (Å²) in [6, 6.07) is 8.90. The van der Waals surface area contributed by atoms with E-state index in [0.717, 1.165) is 16.8 Å². The Balaban J connectivity index is 1.62. The number of aryl methyl sites for hydroxylation is 2. The Labute approximate surface area is 172 Å². The van der Waals surface area contributed by atoms with E-state index in [2.05, 4.69) is 25.5 Å². The van der Waals surface area contributed by atoms with Crippen LogP contribution in [0.3, 0.4) is 0 Å². The molecule has 0 unspecified atom stereocenters. The number of hydrogen-bond acceptors (Lipinski definition) is 5. The number of benzene rings is 1. The first-order chi connectivity index (χ1) is 13.9. The predicted molar refractivity (Wildman–Crippen MR) is 110 cm³/mol. The lowest BCUT2D eigenvalue weighted by Gasteiger charge is -2.14. The predicted octanol–water partition coefficient (Wildman–Crippen LogP) is 2.85. The molecule has 0 spiro atoms. The Bertz CT molecular complexity index is 1180. The van der Waals surface area contributed by atoms with Crippen molar-refractivity contribution in [3.63, 3.8) is 0 Å². The molecule has 0 aliphatic rings. The maximum absolute atomic E-state index is 13.0. The summed E-state index contributed by atoms with van der Waals surface area (Å²) in [5.41, 5.74) is 3.90. The largest absolute Gasteiger partial charge is 0.348 e. The lowest BCUT2D eigenvalue weighted by Crippen LogP contribution is -2.35. The van der Waals surface area contributed by atoms with Gasteiger partial charge in [0.25, 0.3) is 11.7 Å². The molecule has 1 N–H and O–H groups in total. The van der Waals surface area contributed by atoms with Crippen molar-refractivity contribution >= 4 is 23.3 Å². The SMILES string of the molecule is Cc1nn(C)cc1C[C@H](C)NC(=O)c1cc(-c2ccc(Cl)cc2)nc2ncnn12. The van der Waals surface area contributed by atoms with E-state index in [1.165, 1.54) is 10.8 Å². The maximum atomic E-state index is 13.0. The first kappa shape index (κ1) is 19.1. The van der Waals surface area contributed by atoms with Gasteiger partial charge in [-0.05, 0) is 44.0 Å². The van der Waals surface area contributed by atoms with Crippen LogP contribution in [0.15, 0.2) is 42.9 Å². The summed E-state index contributed by atoms with van der Waals surface area (Å²) in [6.07, 6.45) is 4.03. The summed E-state index contributed by atoms with van der Waals surface area (Å²) in [6.45, 7) is 3.92. The van der Waals surface area contributed by atoms with Gasteiger partial charge in [0.1, 0.15) is 12.0 Å². The van der Waals surface area contributed by atoms with Crippen molar-refractivity contribution < 1.29 is 4.79 Å². The van der Waals surface area contributed by atoms with Gasteiger partial charge in [0.2, 0.25) is 0 Å². The smallest absolute Gasteiger partial charge is 0.270 e. The third kappa shape index (κ3) is 3.97. The van der Waals surface area contributed by atoms with Crippen LogP contribution in [0.1, 0.15) is 28.7 Å². The lowest BCUT2D eigenvalue weighted by atomic mass is 10.1. The zero-order valence-corrected chi connectivity index (χ0v) is 17.1. The molecule has 1 amide bonds. The number of carbonyl (C=O) groups excluding carboxylic acids is 1. The normalized spacial score (nSPS) is 12.3. The molecule has 0 saturated heterocycles. The Morgan fingerprint density at radius 2 is 2.03 bits per heavy atom. The summed E-state index contributed by atoms with van der Waals surface area (Å²) < 4.78 is 3.22. The van der Waals surface area contributed by atoms with E-state index >= 15 is 0 Å². The summed E-state index contributed by atoms with van der Waals surface area (Å²) in [5.74, 6) is 0.116. The molecule has 0 bridgehead atoms. The van der Waals surface area contributed by atoms with Crippen LogP contribution in [0.4, 0.5) is 0 Å². The molecule has 8 nitrogen and oxygen atoms in total. The average Bonchev–Trinajstić information content (AvgIpc) is 3.27. The Morgan fingerprint density at radius 1 is 1.28 bits per heavy atom. The van der Waals surface area contributed by atoms with Gasteiger partial charge in [-0.2, -0.15) is 19.7 Å². The highest BCUT2D eigenvalue weighted by molar-refractivity contribution is 6.30. The fraction of sp³-hybridized carbons (Fsp3) is 0.250. The number of halogens is 1. The monoisotopic (exact) mass is 409 g/mol. The molecule has 4 rings (SSSR count). The van der Waals surface area contributed by atoms with Gasteiger partial charge in [0, 0.05) is 29.9 Å². The topological polar surface area (TPSA) is 90.0 Å². The molecule has 0 saturated carbocycles.